The molecular weight excluding hydrogens is 310 g/mol. The minimum Gasteiger partial charge on any atom is -0.493 e. The lowest BCUT2D eigenvalue weighted by Crippen LogP contribution is -2.31. The fourth-order valence-corrected chi connectivity index (χ4v) is 2.15. The first-order chi connectivity index (χ1) is 11.6. The Kier molecular flexibility index (Phi) is 5.89. The summed E-state index contributed by atoms with van der Waals surface area (Å²) < 4.78 is 21.2. The average Bonchev–Trinajstić information content (AvgIpc) is 2.64. The lowest BCUT2D eigenvalue weighted by molar-refractivity contribution is -0.120. The van der Waals surface area contributed by atoms with Gasteiger partial charge in [0.1, 0.15) is 0 Å². The van der Waals surface area contributed by atoms with Crippen LogP contribution >= 0.6 is 0 Å². The van der Waals surface area contributed by atoms with Crippen LogP contribution in [0.5, 0.6) is 23.0 Å². The maximum Gasteiger partial charge on any atom is 0.264 e. The molecule has 24 heavy (non-hydrogen) atoms. The summed E-state index contributed by atoms with van der Waals surface area (Å²) in [5.74, 6) is 2.06. The molecule has 0 heterocycles. The van der Waals surface area contributed by atoms with Crippen molar-refractivity contribution in [2.45, 2.75) is 0 Å². The molecule has 0 aliphatic carbocycles. The van der Waals surface area contributed by atoms with Gasteiger partial charge in [-0.1, -0.05) is 12.1 Å². The molecule has 0 fully saturated rings. The van der Waals surface area contributed by atoms with E-state index in [0.29, 0.717) is 28.7 Å². The Bertz CT molecular complexity index is 702. The maximum absolute atomic E-state index is 12.4. The quantitative estimate of drug-likeness (QED) is 0.781. The topological polar surface area (TPSA) is 57.2 Å². The number of benzene rings is 2. The number of hydrogen-bond donors (Lipinski definition) is 0. The van der Waals surface area contributed by atoms with E-state index in [0.717, 1.165) is 0 Å². The molecule has 0 N–H and O–H groups in total. The van der Waals surface area contributed by atoms with Gasteiger partial charge in [-0.25, -0.2) is 0 Å². The van der Waals surface area contributed by atoms with Crippen molar-refractivity contribution >= 4 is 11.6 Å². The van der Waals surface area contributed by atoms with Crippen molar-refractivity contribution in [3.8, 4) is 23.0 Å². The molecule has 2 rings (SSSR count). The number of amides is 1. The number of anilines is 1. The lowest BCUT2D eigenvalue weighted by atomic mass is 10.2. The fraction of sp³-hybridized carbons (Fsp3) is 0.278. The molecule has 2 aromatic rings. The van der Waals surface area contributed by atoms with Gasteiger partial charge in [0.05, 0.1) is 21.3 Å². The van der Waals surface area contributed by atoms with Gasteiger partial charge < -0.3 is 23.8 Å². The van der Waals surface area contributed by atoms with E-state index in [4.69, 9.17) is 18.9 Å². The van der Waals surface area contributed by atoms with Crippen LogP contribution in [0.25, 0.3) is 0 Å². The first kappa shape index (κ1) is 17.5. The number of rotatable bonds is 7. The van der Waals surface area contributed by atoms with Crippen LogP contribution in [-0.2, 0) is 4.79 Å². The first-order valence-electron chi connectivity index (χ1n) is 7.35. The van der Waals surface area contributed by atoms with E-state index in [1.165, 1.54) is 4.90 Å². The summed E-state index contributed by atoms with van der Waals surface area (Å²) in [5.41, 5.74) is 0.682. The van der Waals surface area contributed by atoms with E-state index in [9.17, 15) is 4.79 Å². The van der Waals surface area contributed by atoms with Crippen LogP contribution < -0.4 is 23.8 Å². The molecule has 0 aliphatic rings. The van der Waals surface area contributed by atoms with Gasteiger partial charge in [0.15, 0.2) is 29.6 Å². The maximum atomic E-state index is 12.4. The zero-order chi connectivity index (χ0) is 17.5. The van der Waals surface area contributed by atoms with Crippen LogP contribution in [0, 0.1) is 0 Å². The fourth-order valence-electron chi connectivity index (χ4n) is 2.15. The number of nitrogens with zero attached hydrogens (tertiary/aromatic N) is 1. The van der Waals surface area contributed by atoms with Crippen molar-refractivity contribution in [1.82, 2.24) is 0 Å². The van der Waals surface area contributed by atoms with E-state index < -0.39 is 0 Å². The summed E-state index contributed by atoms with van der Waals surface area (Å²) in [4.78, 5) is 13.9. The first-order valence-corrected chi connectivity index (χ1v) is 7.35. The second kappa shape index (κ2) is 8.10. The van der Waals surface area contributed by atoms with Gasteiger partial charge >= 0.3 is 0 Å². The highest BCUT2D eigenvalue weighted by molar-refractivity contribution is 5.94. The van der Waals surface area contributed by atoms with Crippen LogP contribution in [0.15, 0.2) is 42.5 Å². The van der Waals surface area contributed by atoms with Crippen molar-refractivity contribution in [3.05, 3.63) is 42.5 Å². The summed E-state index contributed by atoms with van der Waals surface area (Å²) in [5, 5.41) is 0. The predicted octanol–water partition coefficient (Wildman–Crippen LogP) is 2.75. The SMILES string of the molecule is COc1ccc(N(C)C(=O)COc2ccccc2OC)cc1OC. The number of hydrogen-bond acceptors (Lipinski definition) is 5. The third-order valence-corrected chi connectivity index (χ3v) is 3.55. The van der Waals surface area contributed by atoms with Crippen LogP contribution in [0.3, 0.4) is 0 Å². The second-order valence-corrected chi connectivity index (χ2v) is 4.93. The van der Waals surface area contributed by atoms with Gasteiger partial charge in [-0.05, 0) is 24.3 Å². The predicted molar refractivity (Wildman–Crippen MR) is 91.4 cm³/mol. The van der Waals surface area contributed by atoms with Crippen molar-refractivity contribution in [2.75, 3.05) is 39.9 Å². The zero-order valence-corrected chi connectivity index (χ0v) is 14.2. The van der Waals surface area contributed by atoms with Crippen LogP contribution in [0.2, 0.25) is 0 Å². The van der Waals surface area contributed by atoms with Gasteiger partial charge in [-0.2, -0.15) is 0 Å². The summed E-state index contributed by atoms with van der Waals surface area (Å²) in [6.45, 7) is -0.106. The molecular formula is C18H21NO5. The van der Waals surface area contributed by atoms with E-state index in [1.54, 1.807) is 58.7 Å². The third-order valence-electron chi connectivity index (χ3n) is 3.55. The molecule has 1 amide bonds. The lowest BCUT2D eigenvalue weighted by Gasteiger charge is -2.19. The average molecular weight is 331 g/mol. The smallest absolute Gasteiger partial charge is 0.264 e. The second-order valence-electron chi connectivity index (χ2n) is 4.93. The van der Waals surface area contributed by atoms with Gasteiger partial charge in [-0.3, -0.25) is 4.79 Å². The Balaban J connectivity index is 2.07. The van der Waals surface area contributed by atoms with Gasteiger partial charge in [0, 0.05) is 18.8 Å². The minimum atomic E-state index is -0.201. The molecule has 0 atom stereocenters. The molecule has 0 radical (unpaired) electrons. The van der Waals surface area contributed by atoms with Crippen molar-refractivity contribution in [1.29, 1.82) is 0 Å². The summed E-state index contributed by atoms with van der Waals surface area (Å²) in [6, 6.07) is 12.4. The van der Waals surface area contributed by atoms with Crippen LogP contribution in [0.4, 0.5) is 5.69 Å². The summed E-state index contributed by atoms with van der Waals surface area (Å²) in [7, 11) is 6.34. The highest BCUT2D eigenvalue weighted by Crippen LogP contribution is 2.31. The van der Waals surface area contributed by atoms with E-state index in [-0.39, 0.29) is 12.5 Å². The van der Waals surface area contributed by atoms with Gasteiger partial charge in [0.2, 0.25) is 0 Å². The number of carbonyl (C=O) groups is 1. The van der Waals surface area contributed by atoms with E-state index >= 15 is 0 Å². The number of para-hydroxylation sites is 2. The molecule has 0 aromatic heterocycles. The molecule has 0 saturated carbocycles. The molecule has 6 nitrogen and oxygen atoms in total. The molecule has 128 valence electrons. The van der Waals surface area contributed by atoms with Crippen LogP contribution in [0.1, 0.15) is 0 Å². The molecule has 6 heteroatoms. The van der Waals surface area contributed by atoms with E-state index in [2.05, 4.69) is 0 Å². The molecule has 0 aliphatic heterocycles. The highest BCUT2D eigenvalue weighted by atomic mass is 16.5. The zero-order valence-electron chi connectivity index (χ0n) is 14.2. The number of ether oxygens (including phenoxy) is 4. The van der Waals surface area contributed by atoms with Gasteiger partial charge in [-0.15, -0.1) is 0 Å². The summed E-state index contributed by atoms with van der Waals surface area (Å²) in [6.07, 6.45) is 0. The Morgan fingerprint density at radius 3 is 2.08 bits per heavy atom. The van der Waals surface area contributed by atoms with Crippen LogP contribution in [-0.4, -0.2) is 40.9 Å². The Labute approximate surface area is 141 Å². The van der Waals surface area contributed by atoms with E-state index in [1.807, 2.05) is 12.1 Å². The number of methoxy groups -OCH3 is 3. The minimum absolute atomic E-state index is 0.106. The van der Waals surface area contributed by atoms with Crippen molar-refractivity contribution < 1.29 is 23.7 Å². The monoisotopic (exact) mass is 331 g/mol. The van der Waals surface area contributed by atoms with Crippen molar-refractivity contribution in [2.24, 2.45) is 0 Å². The normalized spacial score (nSPS) is 10.0. The summed E-state index contributed by atoms with van der Waals surface area (Å²) >= 11 is 0. The largest absolute Gasteiger partial charge is 0.493 e. The molecule has 0 spiro atoms. The Hall–Kier alpha value is -2.89. The molecule has 2 aromatic carbocycles. The molecule has 0 saturated heterocycles. The van der Waals surface area contributed by atoms with Gasteiger partial charge in [0.25, 0.3) is 5.91 Å². The molecule has 0 unspecified atom stereocenters. The standard InChI is InChI=1S/C18H21NO5/c1-19(13-9-10-15(22-3)17(11-13)23-4)18(20)12-24-16-8-6-5-7-14(16)21-2/h5-11H,12H2,1-4H3. The van der Waals surface area contributed by atoms with Crippen molar-refractivity contribution in [3.63, 3.8) is 0 Å². The number of carbonyl (C=O) groups excluding carboxylic acids is 1. The number of likely N-dealkylation sites (N-methyl/N-ethyl adjacent to an activating group) is 1. The Morgan fingerprint density at radius 2 is 1.46 bits per heavy atom. The highest BCUT2D eigenvalue weighted by Gasteiger charge is 2.15. The Morgan fingerprint density at radius 1 is 0.875 bits per heavy atom. The molecule has 0 bridgehead atoms. The third kappa shape index (κ3) is 3.90.